The monoisotopic (exact) mass is 448 g/mol. The summed E-state index contributed by atoms with van der Waals surface area (Å²) in [6, 6.07) is 11.4. The van der Waals surface area contributed by atoms with Crippen LogP contribution >= 0.6 is 0 Å². The lowest BCUT2D eigenvalue weighted by molar-refractivity contribution is -0.143. The molecule has 0 aliphatic carbocycles. The lowest BCUT2D eigenvalue weighted by Gasteiger charge is -2.37. The molecule has 3 heterocycles. The number of piperidine rings is 1. The minimum absolute atomic E-state index is 0.00390. The first kappa shape index (κ1) is 23.1. The number of benzene rings is 1. The number of carbonyl (C=O) groups excluding carboxylic acids is 3. The van der Waals surface area contributed by atoms with E-state index in [4.69, 9.17) is 0 Å². The van der Waals surface area contributed by atoms with E-state index in [1.165, 1.54) is 4.90 Å². The molecule has 1 unspecified atom stereocenters. The Morgan fingerprint density at radius 1 is 1.15 bits per heavy atom. The summed E-state index contributed by atoms with van der Waals surface area (Å²) in [5.41, 5.74) is 1.29. The van der Waals surface area contributed by atoms with Gasteiger partial charge in [0.15, 0.2) is 0 Å². The third kappa shape index (κ3) is 4.55. The maximum atomic E-state index is 13.9. The van der Waals surface area contributed by atoms with Crippen molar-refractivity contribution in [1.29, 1.82) is 0 Å². The third-order valence-corrected chi connectivity index (χ3v) is 7.21. The second kappa shape index (κ2) is 9.43. The summed E-state index contributed by atoms with van der Waals surface area (Å²) in [4.78, 5) is 50.0. The fourth-order valence-electron chi connectivity index (χ4n) is 5.16. The number of imide groups is 1. The summed E-state index contributed by atoms with van der Waals surface area (Å²) in [5, 5.41) is 0. The van der Waals surface area contributed by atoms with Gasteiger partial charge in [-0.3, -0.25) is 24.3 Å². The van der Waals surface area contributed by atoms with Gasteiger partial charge in [0.2, 0.25) is 17.7 Å². The summed E-state index contributed by atoms with van der Waals surface area (Å²) >= 11 is 0. The lowest BCUT2D eigenvalue weighted by atomic mass is 9.73. The molecule has 1 aromatic carbocycles. The van der Waals surface area contributed by atoms with E-state index in [1.807, 2.05) is 44.3 Å². The van der Waals surface area contributed by atoms with Crippen molar-refractivity contribution in [2.75, 3.05) is 27.2 Å². The standard InChI is InChI=1S/C26H32N4O3/c1-19-7-4-5-9-22(19)26(15-23(31)29(3)21-10-13-28(2)14-11-21)16-24(32)30(25(26)33)18-20-8-6-12-27-17-20/h4-9,12,17,21H,10-11,13-16,18H2,1-3H3. The minimum Gasteiger partial charge on any atom is -0.343 e. The molecule has 1 atom stereocenters. The van der Waals surface area contributed by atoms with E-state index in [9.17, 15) is 14.4 Å². The summed E-state index contributed by atoms with van der Waals surface area (Å²) in [6.45, 7) is 3.99. The largest absolute Gasteiger partial charge is 0.343 e. The van der Waals surface area contributed by atoms with E-state index in [0.29, 0.717) is 0 Å². The summed E-state index contributed by atoms with van der Waals surface area (Å²) < 4.78 is 0. The maximum absolute atomic E-state index is 13.9. The number of amides is 3. The van der Waals surface area contributed by atoms with Crippen LogP contribution in [0.3, 0.4) is 0 Å². The molecule has 2 saturated heterocycles. The van der Waals surface area contributed by atoms with Gasteiger partial charge in [0.1, 0.15) is 0 Å². The molecule has 0 N–H and O–H groups in total. The minimum atomic E-state index is -1.18. The van der Waals surface area contributed by atoms with Gasteiger partial charge in [0.25, 0.3) is 0 Å². The van der Waals surface area contributed by atoms with Crippen molar-refractivity contribution in [3.63, 3.8) is 0 Å². The number of aryl methyl sites for hydroxylation is 1. The Labute approximate surface area is 195 Å². The molecule has 1 aromatic heterocycles. The highest BCUT2D eigenvalue weighted by atomic mass is 16.2. The molecule has 3 amide bonds. The van der Waals surface area contributed by atoms with Crippen molar-refractivity contribution in [3.8, 4) is 0 Å². The third-order valence-electron chi connectivity index (χ3n) is 7.21. The Morgan fingerprint density at radius 3 is 2.55 bits per heavy atom. The maximum Gasteiger partial charge on any atom is 0.241 e. The van der Waals surface area contributed by atoms with Gasteiger partial charge >= 0.3 is 0 Å². The first-order chi connectivity index (χ1) is 15.8. The second-order valence-electron chi connectivity index (χ2n) is 9.44. The van der Waals surface area contributed by atoms with Crippen LogP contribution in [0.4, 0.5) is 0 Å². The first-order valence-electron chi connectivity index (χ1n) is 11.6. The van der Waals surface area contributed by atoms with Gasteiger partial charge in [-0.1, -0.05) is 30.3 Å². The Morgan fingerprint density at radius 2 is 1.88 bits per heavy atom. The molecule has 2 aliphatic heterocycles. The van der Waals surface area contributed by atoms with E-state index in [-0.39, 0.29) is 43.1 Å². The fraction of sp³-hybridized carbons (Fsp3) is 0.462. The number of pyridine rings is 1. The molecular weight excluding hydrogens is 416 g/mol. The van der Waals surface area contributed by atoms with Crippen molar-refractivity contribution in [2.45, 2.75) is 50.6 Å². The molecule has 174 valence electrons. The zero-order valence-corrected chi connectivity index (χ0v) is 19.7. The zero-order chi connectivity index (χ0) is 23.6. The normalized spacial score (nSPS) is 22.1. The molecule has 0 saturated carbocycles. The van der Waals surface area contributed by atoms with Gasteiger partial charge in [-0.15, -0.1) is 0 Å². The van der Waals surface area contributed by atoms with Crippen molar-refractivity contribution >= 4 is 17.7 Å². The van der Waals surface area contributed by atoms with Crippen LogP contribution in [0.15, 0.2) is 48.8 Å². The zero-order valence-electron chi connectivity index (χ0n) is 19.7. The van der Waals surface area contributed by atoms with Crippen LogP contribution in [0, 0.1) is 6.92 Å². The highest BCUT2D eigenvalue weighted by Gasteiger charge is 2.54. The van der Waals surface area contributed by atoms with Crippen LogP contribution in [-0.4, -0.2) is 70.6 Å². The van der Waals surface area contributed by atoms with E-state index < -0.39 is 5.41 Å². The fourth-order valence-corrected chi connectivity index (χ4v) is 5.16. The highest BCUT2D eigenvalue weighted by molar-refractivity contribution is 6.10. The van der Waals surface area contributed by atoms with Gasteiger partial charge < -0.3 is 9.80 Å². The predicted octanol–water partition coefficient (Wildman–Crippen LogP) is 2.53. The first-order valence-corrected chi connectivity index (χ1v) is 11.6. The molecular formula is C26H32N4O3. The van der Waals surface area contributed by atoms with Crippen LogP contribution in [0.1, 0.15) is 42.4 Å². The molecule has 0 radical (unpaired) electrons. The summed E-state index contributed by atoms with van der Waals surface area (Å²) in [5.74, 6) is -0.630. The van der Waals surface area contributed by atoms with Gasteiger partial charge in [-0.25, -0.2) is 0 Å². The Balaban J connectivity index is 1.64. The second-order valence-corrected chi connectivity index (χ2v) is 9.44. The number of hydrogen-bond acceptors (Lipinski definition) is 5. The van der Waals surface area contributed by atoms with Gasteiger partial charge in [-0.05, 0) is 62.7 Å². The molecule has 0 bridgehead atoms. The number of aromatic nitrogens is 1. The quantitative estimate of drug-likeness (QED) is 0.635. The van der Waals surface area contributed by atoms with Gasteiger partial charge in [0, 0.05) is 38.3 Å². The van der Waals surface area contributed by atoms with Crippen LogP contribution in [0.2, 0.25) is 0 Å². The van der Waals surface area contributed by atoms with Gasteiger partial charge in [-0.2, -0.15) is 0 Å². The molecule has 0 spiro atoms. The van der Waals surface area contributed by atoms with Crippen molar-refractivity contribution in [3.05, 3.63) is 65.5 Å². The predicted molar refractivity (Wildman–Crippen MR) is 125 cm³/mol. The number of rotatable bonds is 6. The number of likely N-dealkylation sites (tertiary alicyclic amines) is 2. The average Bonchev–Trinajstić information content (AvgIpc) is 3.04. The summed E-state index contributed by atoms with van der Waals surface area (Å²) in [7, 11) is 3.92. The molecule has 2 aromatic rings. The van der Waals surface area contributed by atoms with Crippen LogP contribution in [-0.2, 0) is 26.3 Å². The van der Waals surface area contributed by atoms with Crippen LogP contribution < -0.4 is 0 Å². The molecule has 2 aliphatic rings. The Kier molecular flexibility index (Phi) is 6.61. The molecule has 2 fully saturated rings. The van der Waals surface area contributed by atoms with Crippen LogP contribution in [0.25, 0.3) is 0 Å². The smallest absolute Gasteiger partial charge is 0.241 e. The van der Waals surface area contributed by atoms with E-state index in [1.54, 1.807) is 23.4 Å². The number of nitrogens with zero attached hydrogens (tertiary/aromatic N) is 4. The average molecular weight is 449 g/mol. The lowest BCUT2D eigenvalue weighted by Crippen LogP contribution is -2.48. The highest BCUT2D eigenvalue weighted by Crippen LogP contribution is 2.42. The number of hydrogen-bond donors (Lipinski definition) is 0. The van der Waals surface area contributed by atoms with E-state index in [2.05, 4.69) is 16.9 Å². The van der Waals surface area contributed by atoms with Crippen molar-refractivity contribution < 1.29 is 14.4 Å². The molecule has 7 nitrogen and oxygen atoms in total. The molecule has 4 rings (SSSR count). The Hall–Kier alpha value is -3.06. The van der Waals surface area contributed by atoms with Gasteiger partial charge in [0.05, 0.1) is 12.0 Å². The van der Waals surface area contributed by atoms with Crippen LogP contribution in [0.5, 0.6) is 0 Å². The van der Waals surface area contributed by atoms with E-state index in [0.717, 1.165) is 42.6 Å². The number of carbonyl (C=O) groups is 3. The molecule has 7 heteroatoms. The SMILES string of the molecule is Cc1ccccc1C1(CC(=O)N(C)C2CCN(C)CC2)CC(=O)N(Cc2cccnc2)C1=O. The van der Waals surface area contributed by atoms with Crippen molar-refractivity contribution in [1.82, 2.24) is 19.7 Å². The molecule has 33 heavy (non-hydrogen) atoms. The Bertz CT molecular complexity index is 1030. The van der Waals surface area contributed by atoms with Crippen molar-refractivity contribution in [2.24, 2.45) is 0 Å². The van der Waals surface area contributed by atoms with E-state index >= 15 is 0 Å². The summed E-state index contributed by atoms with van der Waals surface area (Å²) in [6.07, 6.45) is 5.14. The topological polar surface area (TPSA) is 73.8 Å².